The van der Waals surface area contributed by atoms with Crippen LogP contribution >= 0.6 is 0 Å². The molecule has 1 aromatic carbocycles. The maximum Gasteiger partial charge on any atom is 0.326 e. The summed E-state index contributed by atoms with van der Waals surface area (Å²) in [5, 5.41) is 9.40. The Morgan fingerprint density at radius 3 is 2.52 bits per heavy atom. The maximum absolute atomic E-state index is 12.4. The molecule has 0 bridgehead atoms. The molecule has 0 saturated heterocycles. The molecule has 0 spiro atoms. The molecule has 2 rings (SSSR count). The predicted octanol–water partition coefficient (Wildman–Crippen LogP) is 1.40. The van der Waals surface area contributed by atoms with Gasteiger partial charge in [0, 0.05) is 25.4 Å². The van der Waals surface area contributed by atoms with Gasteiger partial charge in [-0.3, -0.25) is 4.79 Å². The number of carbonyl (C=O) groups is 2. The Morgan fingerprint density at radius 1 is 1.33 bits per heavy atom. The first kappa shape index (κ1) is 15.5. The van der Waals surface area contributed by atoms with Gasteiger partial charge in [0.15, 0.2) is 0 Å². The fraction of sp³-hybridized carbons (Fsp3) is 0.500. The van der Waals surface area contributed by atoms with Crippen LogP contribution in [0.4, 0.5) is 0 Å². The predicted molar refractivity (Wildman–Crippen MR) is 79.6 cm³/mol. The molecule has 0 aromatic heterocycles. The van der Waals surface area contributed by atoms with Gasteiger partial charge in [-0.1, -0.05) is 38.1 Å². The van der Waals surface area contributed by atoms with Crippen LogP contribution in [0.25, 0.3) is 0 Å². The third-order valence-corrected chi connectivity index (χ3v) is 4.12. The highest BCUT2D eigenvalue weighted by atomic mass is 16.4. The zero-order chi connectivity index (χ0) is 15.6. The lowest BCUT2D eigenvalue weighted by Crippen LogP contribution is -2.50. The molecule has 0 saturated carbocycles. The minimum atomic E-state index is -0.962. The van der Waals surface area contributed by atoms with Crippen LogP contribution in [-0.4, -0.2) is 34.0 Å². The molecule has 3 N–H and O–H groups in total. The molecule has 1 aromatic rings. The number of nitrogens with zero attached hydrogens (tertiary/aromatic N) is 1. The van der Waals surface area contributed by atoms with Crippen LogP contribution in [0, 0.1) is 5.92 Å². The van der Waals surface area contributed by atoms with Gasteiger partial charge in [-0.15, -0.1) is 0 Å². The quantitative estimate of drug-likeness (QED) is 0.878. The van der Waals surface area contributed by atoms with Gasteiger partial charge in [0.25, 0.3) is 0 Å². The number of benzene rings is 1. The van der Waals surface area contributed by atoms with Crippen molar-refractivity contribution in [2.45, 2.75) is 45.3 Å². The van der Waals surface area contributed by atoms with Gasteiger partial charge < -0.3 is 15.7 Å². The van der Waals surface area contributed by atoms with Crippen LogP contribution < -0.4 is 5.73 Å². The summed E-state index contributed by atoms with van der Waals surface area (Å²) in [7, 11) is 0. The molecular weight excluding hydrogens is 268 g/mol. The molecule has 1 heterocycles. The van der Waals surface area contributed by atoms with Gasteiger partial charge in [0.2, 0.25) is 5.91 Å². The second-order valence-electron chi connectivity index (χ2n) is 5.96. The fourth-order valence-corrected chi connectivity index (χ4v) is 2.56. The summed E-state index contributed by atoms with van der Waals surface area (Å²) >= 11 is 0. The van der Waals surface area contributed by atoms with Crippen LogP contribution in [0.5, 0.6) is 0 Å². The van der Waals surface area contributed by atoms with E-state index in [1.807, 2.05) is 38.1 Å². The lowest BCUT2D eigenvalue weighted by molar-refractivity contribution is -0.151. The first-order valence-corrected chi connectivity index (χ1v) is 7.24. The Labute approximate surface area is 124 Å². The Balaban J connectivity index is 2.20. The fourth-order valence-electron chi connectivity index (χ4n) is 2.56. The Bertz CT molecular complexity index is 542. The number of carboxylic acid groups (broad SMARTS) is 1. The number of hydrogen-bond donors (Lipinski definition) is 2. The molecule has 0 aliphatic carbocycles. The molecule has 1 unspecified atom stereocenters. The summed E-state index contributed by atoms with van der Waals surface area (Å²) < 4.78 is 0. The lowest BCUT2D eigenvalue weighted by Gasteiger charge is -2.35. The molecule has 114 valence electrons. The number of hydrogen-bond acceptors (Lipinski definition) is 3. The summed E-state index contributed by atoms with van der Waals surface area (Å²) in [6.45, 7) is 4.26. The van der Waals surface area contributed by atoms with E-state index in [1.165, 1.54) is 4.90 Å². The zero-order valence-electron chi connectivity index (χ0n) is 12.5. The summed E-state index contributed by atoms with van der Waals surface area (Å²) in [5.74, 6) is -0.955. The summed E-state index contributed by atoms with van der Waals surface area (Å²) in [5.41, 5.74) is 7.96. The molecule has 21 heavy (non-hydrogen) atoms. The molecule has 5 nitrogen and oxygen atoms in total. The highest BCUT2D eigenvalue weighted by Gasteiger charge is 2.34. The molecular formula is C16H22N2O3. The summed E-state index contributed by atoms with van der Waals surface area (Å²) in [6.07, 6.45) is 0.539. The monoisotopic (exact) mass is 290 g/mol. The van der Waals surface area contributed by atoms with E-state index in [2.05, 4.69) is 0 Å². The average Bonchev–Trinajstić information content (AvgIpc) is 2.45. The maximum atomic E-state index is 12.4. The van der Waals surface area contributed by atoms with Crippen molar-refractivity contribution in [2.24, 2.45) is 11.7 Å². The topological polar surface area (TPSA) is 83.6 Å². The number of rotatable bonds is 4. The number of carboxylic acids is 1. The number of amides is 1. The molecule has 1 aliphatic rings. The second kappa shape index (κ2) is 6.26. The highest BCUT2D eigenvalue weighted by molar-refractivity contribution is 5.84. The van der Waals surface area contributed by atoms with Crippen molar-refractivity contribution in [3.05, 3.63) is 35.4 Å². The minimum Gasteiger partial charge on any atom is -0.480 e. The Kier molecular flexibility index (Phi) is 4.63. The lowest BCUT2D eigenvalue weighted by atomic mass is 9.92. The van der Waals surface area contributed by atoms with Crippen LogP contribution in [0.1, 0.15) is 31.4 Å². The molecule has 5 heteroatoms. The molecule has 0 radical (unpaired) electrons. The van der Waals surface area contributed by atoms with E-state index in [1.54, 1.807) is 0 Å². The standard InChI is InChI=1S/C16H22N2O3/c1-10(2)13(17)8-15(19)18-9-12-6-4-3-5-11(12)7-14(18)16(20)21/h3-6,10,13-14H,7-9,17H2,1-2H3,(H,20,21)/t13?,14-/m0/s1. The van der Waals surface area contributed by atoms with Crippen molar-refractivity contribution < 1.29 is 14.7 Å². The van der Waals surface area contributed by atoms with Crippen LogP contribution in [0.3, 0.4) is 0 Å². The molecule has 2 atom stereocenters. The Morgan fingerprint density at radius 2 is 1.95 bits per heavy atom. The summed E-state index contributed by atoms with van der Waals surface area (Å²) in [4.78, 5) is 25.3. The first-order chi connectivity index (χ1) is 9.90. The third-order valence-electron chi connectivity index (χ3n) is 4.12. The highest BCUT2D eigenvalue weighted by Crippen LogP contribution is 2.24. The number of carbonyl (C=O) groups excluding carboxylic acids is 1. The molecule has 1 amide bonds. The van der Waals surface area contributed by atoms with Crippen molar-refractivity contribution in [3.8, 4) is 0 Å². The van der Waals surface area contributed by atoms with Gasteiger partial charge in [-0.05, 0) is 17.0 Å². The minimum absolute atomic E-state index is 0.182. The van der Waals surface area contributed by atoms with Gasteiger partial charge in [-0.2, -0.15) is 0 Å². The van der Waals surface area contributed by atoms with Gasteiger partial charge in [0.05, 0.1) is 0 Å². The van der Waals surface area contributed by atoms with Crippen molar-refractivity contribution in [1.29, 1.82) is 0 Å². The van der Waals surface area contributed by atoms with Crippen molar-refractivity contribution in [1.82, 2.24) is 4.90 Å². The van der Waals surface area contributed by atoms with Gasteiger partial charge >= 0.3 is 5.97 Å². The van der Waals surface area contributed by atoms with Crippen LogP contribution in [-0.2, 0) is 22.6 Å². The number of nitrogens with two attached hydrogens (primary N) is 1. The van der Waals surface area contributed by atoms with Crippen LogP contribution in [0.15, 0.2) is 24.3 Å². The van der Waals surface area contributed by atoms with Crippen molar-refractivity contribution >= 4 is 11.9 Å². The van der Waals surface area contributed by atoms with Gasteiger partial charge in [-0.25, -0.2) is 4.79 Å². The van der Waals surface area contributed by atoms with E-state index >= 15 is 0 Å². The van der Waals surface area contributed by atoms with Crippen molar-refractivity contribution in [2.75, 3.05) is 0 Å². The largest absolute Gasteiger partial charge is 0.480 e. The Hall–Kier alpha value is -1.88. The van der Waals surface area contributed by atoms with Crippen molar-refractivity contribution in [3.63, 3.8) is 0 Å². The SMILES string of the molecule is CC(C)C(N)CC(=O)N1Cc2ccccc2C[C@H]1C(=O)O. The third kappa shape index (κ3) is 3.42. The normalized spacial score (nSPS) is 19.2. The first-order valence-electron chi connectivity index (χ1n) is 7.24. The van der Waals surface area contributed by atoms with E-state index in [0.29, 0.717) is 13.0 Å². The summed E-state index contributed by atoms with van der Waals surface area (Å²) in [6, 6.07) is 6.62. The average molecular weight is 290 g/mol. The molecule has 1 aliphatic heterocycles. The number of aliphatic carboxylic acids is 1. The van der Waals surface area contributed by atoms with E-state index in [9.17, 15) is 14.7 Å². The van der Waals surface area contributed by atoms with E-state index in [-0.39, 0.29) is 24.3 Å². The number of fused-ring (bicyclic) bond motifs is 1. The van der Waals surface area contributed by atoms with E-state index in [0.717, 1.165) is 11.1 Å². The zero-order valence-corrected chi connectivity index (χ0v) is 12.5. The second-order valence-corrected chi connectivity index (χ2v) is 5.96. The van der Waals surface area contributed by atoms with Crippen LogP contribution in [0.2, 0.25) is 0 Å². The van der Waals surface area contributed by atoms with E-state index in [4.69, 9.17) is 5.73 Å². The molecule has 0 fully saturated rings. The van der Waals surface area contributed by atoms with Gasteiger partial charge in [0.1, 0.15) is 6.04 Å². The van der Waals surface area contributed by atoms with E-state index < -0.39 is 12.0 Å². The smallest absolute Gasteiger partial charge is 0.326 e.